The number of methoxy groups -OCH3 is 1. The molecule has 0 bridgehead atoms. The van der Waals surface area contributed by atoms with Gasteiger partial charge in [-0.3, -0.25) is 4.79 Å². The minimum absolute atomic E-state index is 0.0890. The van der Waals surface area contributed by atoms with Gasteiger partial charge in [-0.2, -0.15) is 0 Å². The van der Waals surface area contributed by atoms with Crippen LogP contribution >= 0.6 is 0 Å². The van der Waals surface area contributed by atoms with Gasteiger partial charge in [0.15, 0.2) is 0 Å². The second-order valence-corrected chi connectivity index (χ2v) is 8.00. The summed E-state index contributed by atoms with van der Waals surface area (Å²) in [7, 11) is 1.38. The van der Waals surface area contributed by atoms with Crippen molar-refractivity contribution in [1.29, 1.82) is 0 Å². The van der Waals surface area contributed by atoms with E-state index in [1.54, 1.807) is 0 Å². The minimum Gasteiger partial charge on any atom is -0.507 e. The Morgan fingerprint density at radius 2 is 1.60 bits per heavy atom. The predicted octanol–water partition coefficient (Wildman–Crippen LogP) is 3.58. The van der Waals surface area contributed by atoms with Crippen molar-refractivity contribution in [2.24, 2.45) is 0 Å². The van der Waals surface area contributed by atoms with Crippen LogP contribution in [0, 0.1) is 0 Å². The smallest absolute Gasteiger partial charge is 0.407 e. The lowest BCUT2D eigenvalue weighted by Crippen LogP contribution is -2.47. The molecule has 1 aliphatic carbocycles. The maximum atomic E-state index is 12.7. The number of carboxylic acids is 1. The van der Waals surface area contributed by atoms with Gasteiger partial charge in [-0.05, 0) is 34.4 Å². The maximum Gasteiger partial charge on any atom is 0.407 e. The third-order valence-corrected chi connectivity index (χ3v) is 5.78. The molecule has 4 N–H and O–H groups in total. The number of carboxylic acid groups (broad SMARTS) is 1. The van der Waals surface area contributed by atoms with Gasteiger partial charge in [0, 0.05) is 24.8 Å². The molecule has 0 saturated heterocycles. The predicted molar refractivity (Wildman–Crippen MR) is 128 cm³/mol. The number of rotatable bonds is 8. The summed E-state index contributed by atoms with van der Waals surface area (Å²) in [4.78, 5) is 36.3. The van der Waals surface area contributed by atoms with E-state index in [2.05, 4.69) is 10.6 Å². The Morgan fingerprint density at radius 3 is 2.17 bits per heavy atom. The molecular weight excluding hydrogens is 452 g/mol. The Morgan fingerprint density at radius 1 is 0.971 bits per heavy atom. The van der Waals surface area contributed by atoms with Gasteiger partial charge in [-0.1, -0.05) is 48.5 Å². The molecule has 9 heteroatoms. The fraction of sp³-hybridized carbons (Fsp3) is 0.192. The first kappa shape index (κ1) is 23.8. The molecule has 0 radical (unpaired) electrons. The van der Waals surface area contributed by atoms with E-state index in [0.717, 1.165) is 34.4 Å². The van der Waals surface area contributed by atoms with Gasteiger partial charge in [-0.15, -0.1) is 0 Å². The highest BCUT2D eigenvalue weighted by molar-refractivity contribution is 5.98. The van der Waals surface area contributed by atoms with Crippen molar-refractivity contribution in [2.75, 3.05) is 25.6 Å². The molecule has 4 rings (SSSR count). The lowest BCUT2D eigenvalue weighted by atomic mass is 9.98. The molecule has 35 heavy (non-hydrogen) atoms. The molecule has 9 nitrogen and oxygen atoms in total. The fourth-order valence-corrected chi connectivity index (χ4v) is 4.15. The van der Waals surface area contributed by atoms with Crippen molar-refractivity contribution in [3.05, 3.63) is 83.4 Å². The molecular formula is C26H24N2O7. The summed E-state index contributed by atoms with van der Waals surface area (Å²) in [5.74, 6) is -2.54. The molecule has 3 aromatic carbocycles. The summed E-state index contributed by atoms with van der Waals surface area (Å²) in [6.07, 6.45) is -0.784. The zero-order chi connectivity index (χ0) is 24.9. The SMILES string of the molecule is COC[C@H](NC(=O)OCC1c2ccccc2-c2ccccc21)C(=O)Nc1ccc(C(=O)O)c(O)c1. The molecule has 0 spiro atoms. The molecule has 1 aliphatic rings. The number of amides is 2. The molecule has 0 saturated carbocycles. The number of hydrogen-bond acceptors (Lipinski definition) is 6. The third kappa shape index (κ3) is 5.10. The molecule has 1 atom stereocenters. The van der Waals surface area contributed by atoms with E-state index in [0.29, 0.717) is 0 Å². The van der Waals surface area contributed by atoms with Crippen LogP contribution < -0.4 is 10.6 Å². The van der Waals surface area contributed by atoms with Crippen LogP contribution in [0.15, 0.2) is 66.7 Å². The summed E-state index contributed by atoms with van der Waals surface area (Å²) in [5, 5.41) is 23.9. The normalized spacial score (nSPS) is 12.8. The summed E-state index contributed by atoms with van der Waals surface area (Å²) >= 11 is 0. The fourth-order valence-electron chi connectivity index (χ4n) is 4.15. The Balaban J connectivity index is 1.40. The molecule has 0 aliphatic heterocycles. The molecule has 0 fully saturated rings. The summed E-state index contributed by atoms with van der Waals surface area (Å²) in [5.41, 5.74) is 4.20. The number of carbonyl (C=O) groups is 3. The highest BCUT2D eigenvalue weighted by atomic mass is 16.5. The number of fused-ring (bicyclic) bond motifs is 3. The Kier molecular flexibility index (Phi) is 6.98. The molecule has 3 aromatic rings. The topological polar surface area (TPSA) is 134 Å². The van der Waals surface area contributed by atoms with Gasteiger partial charge in [0.05, 0.1) is 6.61 Å². The quantitative estimate of drug-likeness (QED) is 0.390. The molecule has 0 unspecified atom stereocenters. The average Bonchev–Trinajstić information content (AvgIpc) is 3.16. The van der Waals surface area contributed by atoms with Gasteiger partial charge < -0.3 is 30.3 Å². The summed E-state index contributed by atoms with van der Waals surface area (Å²) in [6.45, 7) is -0.0407. The number of ether oxygens (including phenoxy) is 2. The Bertz CT molecular complexity index is 1230. The zero-order valence-electron chi connectivity index (χ0n) is 18.9. The van der Waals surface area contributed by atoms with Crippen molar-refractivity contribution < 1.29 is 34.1 Å². The second kappa shape index (κ2) is 10.3. The number of nitrogens with one attached hydrogen (secondary N) is 2. The van der Waals surface area contributed by atoms with Crippen molar-refractivity contribution in [3.8, 4) is 16.9 Å². The van der Waals surface area contributed by atoms with Gasteiger partial charge in [0.2, 0.25) is 5.91 Å². The van der Waals surface area contributed by atoms with E-state index in [1.807, 2.05) is 48.5 Å². The van der Waals surface area contributed by atoms with Crippen LogP contribution in [-0.4, -0.2) is 54.5 Å². The van der Waals surface area contributed by atoms with Crippen LogP contribution in [0.4, 0.5) is 10.5 Å². The number of benzene rings is 3. The van der Waals surface area contributed by atoms with E-state index in [9.17, 15) is 19.5 Å². The highest BCUT2D eigenvalue weighted by Crippen LogP contribution is 2.44. The summed E-state index contributed by atoms with van der Waals surface area (Å²) < 4.78 is 10.5. The average molecular weight is 476 g/mol. The molecule has 0 aromatic heterocycles. The molecule has 180 valence electrons. The van der Waals surface area contributed by atoms with Crippen LogP contribution in [0.5, 0.6) is 5.75 Å². The zero-order valence-corrected chi connectivity index (χ0v) is 18.9. The van der Waals surface area contributed by atoms with E-state index in [1.165, 1.54) is 13.2 Å². The van der Waals surface area contributed by atoms with E-state index in [-0.39, 0.29) is 30.4 Å². The second-order valence-electron chi connectivity index (χ2n) is 8.00. The Hall–Kier alpha value is -4.37. The highest BCUT2D eigenvalue weighted by Gasteiger charge is 2.30. The standard InChI is InChI=1S/C26H24N2O7/c1-34-14-22(24(30)27-15-10-11-20(25(31)32)23(29)12-15)28-26(33)35-13-21-18-8-4-2-6-16(18)17-7-3-5-9-19(17)21/h2-12,21-22,29H,13-14H2,1H3,(H,27,30)(H,28,33)(H,31,32)/t22-/m0/s1. The first-order valence-corrected chi connectivity index (χ1v) is 10.9. The van der Waals surface area contributed by atoms with Crippen molar-refractivity contribution in [3.63, 3.8) is 0 Å². The largest absolute Gasteiger partial charge is 0.507 e. The Labute approximate surface area is 201 Å². The number of aromatic hydroxyl groups is 1. The van der Waals surface area contributed by atoms with Gasteiger partial charge in [0.1, 0.15) is 24.0 Å². The van der Waals surface area contributed by atoms with Gasteiger partial charge in [0.25, 0.3) is 0 Å². The van der Waals surface area contributed by atoms with Crippen molar-refractivity contribution in [2.45, 2.75) is 12.0 Å². The number of aromatic carboxylic acids is 1. The lowest BCUT2D eigenvalue weighted by Gasteiger charge is -2.19. The lowest BCUT2D eigenvalue weighted by molar-refractivity contribution is -0.119. The number of alkyl carbamates (subject to hydrolysis) is 1. The first-order chi connectivity index (χ1) is 16.9. The van der Waals surface area contributed by atoms with Crippen LogP contribution in [0.25, 0.3) is 11.1 Å². The first-order valence-electron chi connectivity index (χ1n) is 10.9. The number of anilines is 1. The van der Waals surface area contributed by atoms with Gasteiger partial charge in [-0.25, -0.2) is 9.59 Å². The van der Waals surface area contributed by atoms with E-state index >= 15 is 0 Å². The number of hydrogen-bond donors (Lipinski definition) is 4. The number of phenols is 1. The third-order valence-electron chi connectivity index (χ3n) is 5.78. The van der Waals surface area contributed by atoms with Crippen molar-refractivity contribution in [1.82, 2.24) is 5.32 Å². The molecule has 2 amide bonds. The molecule has 0 heterocycles. The van der Waals surface area contributed by atoms with Crippen LogP contribution in [0.1, 0.15) is 27.4 Å². The van der Waals surface area contributed by atoms with Crippen LogP contribution in [0.3, 0.4) is 0 Å². The van der Waals surface area contributed by atoms with Crippen LogP contribution in [-0.2, 0) is 14.3 Å². The van der Waals surface area contributed by atoms with Crippen molar-refractivity contribution >= 4 is 23.7 Å². The summed E-state index contributed by atoms with van der Waals surface area (Å²) in [6, 6.07) is 18.4. The number of carbonyl (C=O) groups excluding carboxylic acids is 2. The van der Waals surface area contributed by atoms with E-state index in [4.69, 9.17) is 14.6 Å². The monoisotopic (exact) mass is 476 g/mol. The minimum atomic E-state index is -1.30. The van der Waals surface area contributed by atoms with Crippen LogP contribution in [0.2, 0.25) is 0 Å². The maximum absolute atomic E-state index is 12.7. The van der Waals surface area contributed by atoms with E-state index < -0.39 is 29.8 Å². The van der Waals surface area contributed by atoms with Gasteiger partial charge >= 0.3 is 12.1 Å².